The van der Waals surface area contributed by atoms with Gasteiger partial charge in [0.25, 0.3) is 5.56 Å². The summed E-state index contributed by atoms with van der Waals surface area (Å²) in [5.74, 6) is 0.385. The van der Waals surface area contributed by atoms with E-state index in [4.69, 9.17) is 15.2 Å². The quantitative estimate of drug-likeness (QED) is 0.128. The summed E-state index contributed by atoms with van der Waals surface area (Å²) in [7, 11) is 0. The largest absolute Gasteiger partial charge is 0.338 e. The molecule has 12 heteroatoms. The second kappa shape index (κ2) is 13.4. The Balaban J connectivity index is 1.26. The first kappa shape index (κ1) is 30.3. The predicted molar refractivity (Wildman–Crippen MR) is 160 cm³/mol. The molecule has 2 aliphatic rings. The van der Waals surface area contributed by atoms with Gasteiger partial charge in [0.15, 0.2) is 5.78 Å². The molecule has 0 aromatic carbocycles. The fourth-order valence-corrected chi connectivity index (χ4v) is 6.25. The Kier molecular flexibility index (Phi) is 9.44. The Hall–Kier alpha value is -4.19. The van der Waals surface area contributed by atoms with E-state index in [2.05, 4.69) is 10.3 Å². The van der Waals surface area contributed by atoms with Crippen molar-refractivity contribution in [3.05, 3.63) is 51.1 Å². The van der Waals surface area contributed by atoms with Crippen molar-refractivity contribution >= 4 is 40.4 Å². The second-order valence-electron chi connectivity index (χ2n) is 11.5. The number of amides is 2. The molecular weight excluding hydrogens is 550 g/mol. The van der Waals surface area contributed by atoms with Crippen LogP contribution in [-0.4, -0.2) is 53.8 Å². The average Bonchev–Trinajstić information content (AvgIpc) is 3.52. The normalized spacial score (nSPS) is 15.0. The lowest BCUT2D eigenvalue weighted by molar-refractivity contribution is -0.132. The van der Waals surface area contributed by atoms with Crippen LogP contribution in [0.3, 0.4) is 0 Å². The van der Waals surface area contributed by atoms with Crippen LogP contribution in [0.5, 0.6) is 0 Å². The third-order valence-corrected chi connectivity index (χ3v) is 8.56. The molecular formula is C31H39N7O5. The van der Waals surface area contributed by atoms with E-state index < -0.39 is 0 Å². The van der Waals surface area contributed by atoms with Crippen LogP contribution in [0.15, 0.2) is 23.1 Å². The number of hydrogen-bond donors (Lipinski definition) is 3. The summed E-state index contributed by atoms with van der Waals surface area (Å²) in [6.07, 6.45) is 10.0. The molecule has 0 unspecified atom stereocenters. The minimum atomic E-state index is -0.385. The van der Waals surface area contributed by atoms with Gasteiger partial charge in [-0.25, -0.2) is 15.4 Å². The summed E-state index contributed by atoms with van der Waals surface area (Å²) < 4.78 is 1.69. The highest BCUT2D eigenvalue weighted by Crippen LogP contribution is 2.32. The summed E-state index contributed by atoms with van der Waals surface area (Å²) >= 11 is 0. The standard InChI is InChI=1S/C31H39N7O5/c1-19-23-17-32-31(35-29(23)38(22-9-7-8-10-22)30(42)28(19)20(2)39)34-25-14-13-21-18-37(16-15-24(21)33-25)27(41)12-6-4-3-5-11-26(40)36-43/h13-14,17,22,43H,3-12,15-16,18H2,1-2H3,(H,36,40)(H,32,33,34,35). The van der Waals surface area contributed by atoms with Crippen LogP contribution in [0.4, 0.5) is 11.8 Å². The number of unbranched alkanes of at least 4 members (excludes halogenated alkanes) is 3. The third-order valence-electron chi connectivity index (χ3n) is 8.56. The molecule has 0 atom stereocenters. The zero-order chi connectivity index (χ0) is 30.5. The molecule has 1 saturated carbocycles. The van der Waals surface area contributed by atoms with E-state index in [1.54, 1.807) is 23.2 Å². The van der Waals surface area contributed by atoms with E-state index in [1.165, 1.54) is 6.92 Å². The van der Waals surface area contributed by atoms with Crippen LogP contribution in [0.25, 0.3) is 11.0 Å². The van der Waals surface area contributed by atoms with Crippen molar-refractivity contribution in [2.45, 2.75) is 97.1 Å². The first-order chi connectivity index (χ1) is 20.8. The van der Waals surface area contributed by atoms with Crippen LogP contribution < -0.4 is 16.4 Å². The van der Waals surface area contributed by atoms with Crippen molar-refractivity contribution in [2.75, 3.05) is 11.9 Å². The van der Waals surface area contributed by atoms with Gasteiger partial charge in [-0.1, -0.05) is 31.7 Å². The number of aromatic nitrogens is 4. The lowest BCUT2D eigenvalue weighted by atomic mass is 10.0. The van der Waals surface area contributed by atoms with Crippen molar-refractivity contribution in [2.24, 2.45) is 0 Å². The lowest BCUT2D eigenvalue weighted by Crippen LogP contribution is -2.36. The molecule has 43 heavy (non-hydrogen) atoms. The number of nitrogens with zero attached hydrogens (tertiary/aromatic N) is 5. The molecule has 3 aromatic rings. The van der Waals surface area contributed by atoms with E-state index in [1.807, 2.05) is 17.0 Å². The number of ketones is 1. The molecule has 1 aliphatic heterocycles. The fraction of sp³-hybridized carbons (Fsp3) is 0.516. The number of rotatable bonds is 11. The molecule has 1 fully saturated rings. The smallest absolute Gasteiger partial charge is 0.263 e. The number of hydrogen-bond acceptors (Lipinski definition) is 9. The van der Waals surface area contributed by atoms with Crippen LogP contribution >= 0.6 is 0 Å². The Morgan fingerprint density at radius 1 is 1.05 bits per heavy atom. The van der Waals surface area contributed by atoms with Crippen molar-refractivity contribution in [1.29, 1.82) is 0 Å². The molecule has 0 spiro atoms. The molecule has 4 heterocycles. The van der Waals surface area contributed by atoms with Gasteiger partial charge in [0.05, 0.1) is 5.56 Å². The number of carbonyl (C=O) groups is 3. The summed E-state index contributed by atoms with van der Waals surface area (Å²) in [6, 6.07) is 3.82. The number of hydroxylamine groups is 1. The highest BCUT2D eigenvalue weighted by atomic mass is 16.5. The number of anilines is 2. The summed E-state index contributed by atoms with van der Waals surface area (Å²) in [6.45, 7) is 4.30. The van der Waals surface area contributed by atoms with E-state index >= 15 is 0 Å². The molecule has 0 radical (unpaired) electrons. The van der Waals surface area contributed by atoms with Crippen molar-refractivity contribution in [3.8, 4) is 0 Å². The molecule has 228 valence electrons. The van der Waals surface area contributed by atoms with Crippen LogP contribution in [0.1, 0.15) is 104 Å². The Morgan fingerprint density at radius 2 is 1.79 bits per heavy atom. The number of aryl methyl sites for hydroxylation is 1. The topological polar surface area (TPSA) is 159 Å². The first-order valence-corrected chi connectivity index (χ1v) is 15.2. The molecule has 2 amide bonds. The SMILES string of the molecule is CC(=O)c1c(C)c2cnc(Nc3ccc4c(n3)CCN(C(=O)CCCCCCC(=O)NO)C4)nc2n(C2CCCC2)c1=O. The van der Waals surface area contributed by atoms with Crippen molar-refractivity contribution in [1.82, 2.24) is 29.9 Å². The van der Waals surface area contributed by atoms with E-state index in [9.17, 15) is 19.2 Å². The van der Waals surface area contributed by atoms with Gasteiger partial charge in [-0.3, -0.25) is 29.0 Å². The first-order valence-electron chi connectivity index (χ1n) is 15.2. The number of pyridine rings is 2. The van der Waals surface area contributed by atoms with Gasteiger partial charge in [-0.05, 0) is 56.7 Å². The summed E-state index contributed by atoms with van der Waals surface area (Å²) in [4.78, 5) is 65.6. The van der Waals surface area contributed by atoms with Crippen LogP contribution in [0.2, 0.25) is 0 Å². The monoisotopic (exact) mass is 589 g/mol. The molecule has 12 nitrogen and oxygen atoms in total. The Morgan fingerprint density at radius 3 is 2.51 bits per heavy atom. The molecule has 0 bridgehead atoms. The molecule has 0 saturated heterocycles. The molecule has 5 rings (SSSR count). The summed E-state index contributed by atoms with van der Waals surface area (Å²) in [5, 5.41) is 12.4. The summed E-state index contributed by atoms with van der Waals surface area (Å²) in [5.41, 5.74) is 4.60. The fourth-order valence-electron chi connectivity index (χ4n) is 6.25. The number of nitrogens with one attached hydrogen (secondary N) is 2. The van der Waals surface area contributed by atoms with Crippen LogP contribution in [0, 0.1) is 6.92 Å². The van der Waals surface area contributed by atoms with E-state index in [-0.39, 0.29) is 41.2 Å². The van der Waals surface area contributed by atoms with Gasteiger partial charge in [-0.15, -0.1) is 0 Å². The highest BCUT2D eigenvalue weighted by molar-refractivity contribution is 5.99. The van der Waals surface area contributed by atoms with Crippen LogP contribution in [-0.2, 0) is 22.6 Å². The van der Waals surface area contributed by atoms with Gasteiger partial charge in [0.1, 0.15) is 11.5 Å². The van der Waals surface area contributed by atoms with E-state index in [0.29, 0.717) is 60.7 Å². The second-order valence-corrected chi connectivity index (χ2v) is 11.5. The number of Topliss-reactive ketones (excluding diaryl/α,β-unsaturated/α-hetero) is 1. The number of carbonyl (C=O) groups excluding carboxylic acids is 3. The van der Waals surface area contributed by atoms with Gasteiger partial charge in [0, 0.05) is 55.7 Å². The third kappa shape index (κ3) is 6.74. The molecule has 3 aromatic heterocycles. The van der Waals surface area contributed by atoms with Gasteiger partial charge >= 0.3 is 0 Å². The van der Waals surface area contributed by atoms with Gasteiger partial charge < -0.3 is 10.2 Å². The number of fused-ring (bicyclic) bond motifs is 2. The lowest BCUT2D eigenvalue weighted by Gasteiger charge is -2.28. The van der Waals surface area contributed by atoms with Crippen molar-refractivity contribution in [3.63, 3.8) is 0 Å². The Labute approximate surface area is 249 Å². The maximum atomic E-state index is 13.5. The maximum Gasteiger partial charge on any atom is 0.263 e. The van der Waals surface area contributed by atoms with Gasteiger partial charge in [0.2, 0.25) is 17.8 Å². The van der Waals surface area contributed by atoms with Gasteiger partial charge in [-0.2, -0.15) is 4.98 Å². The zero-order valence-corrected chi connectivity index (χ0v) is 24.8. The predicted octanol–water partition coefficient (Wildman–Crippen LogP) is 4.29. The van der Waals surface area contributed by atoms with E-state index in [0.717, 1.165) is 56.2 Å². The van der Waals surface area contributed by atoms with Crippen molar-refractivity contribution < 1.29 is 19.6 Å². The zero-order valence-electron chi connectivity index (χ0n) is 24.8. The molecule has 3 N–H and O–H groups in total. The minimum Gasteiger partial charge on any atom is -0.338 e. The minimum absolute atomic E-state index is 0.00377. The molecule has 1 aliphatic carbocycles. The highest BCUT2D eigenvalue weighted by Gasteiger charge is 2.26. The Bertz CT molecular complexity index is 1600. The maximum absolute atomic E-state index is 13.5. The average molecular weight is 590 g/mol.